The van der Waals surface area contributed by atoms with Crippen molar-refractivity contribution in [3.63, 3.8) is 0 Å². The molecule has 1 fully saturated rings. The standard InChI is InChI=1S/C20H26N4O2/c1-5-18(26)24-9-8-15(11-24)23(4)16-7-6-14(10-17(21)25)20-19(16)12(2)13(3)22-20/h5-7,15,22H,1,8-11H2,2-4H3,(H2,21,25)/t15-/m0/s1. The Morgan fingerprint density at radius 2 is 2.15 bits per heavy atom. The van der Waals surface area contributed by atoms with Crippen molar-refractivity contribution in [3.05, 3.63) is 41.6 Å². The number of carbonyl (C=O) groups is 2. The molecule has 0 spiro atoms. The van der Waals surface area contributed by atoms with E-state index in [4.69, 9.17) is 5.73 Å². The maximum absolute atomic E-state index is 11.9. The third-order valence-electron chi connectivity index (χ3n) is 5.46. The zero-order valence-corrected chi connectivity index (χ0v) is 15.6. The van der Waals surface area contributed by atoms with E-state index in [9.17, 15) is 9.59 Å². The van der Waals surface area contributed by atoms with E-state index < -0.39 is 0 Å². The topological polar surface area (TPSA) is 82.4 Å². The highest BCUT2D eigenvalue weighted by Crippen LogP contribution is 2.35. The van der Waals surface area contributed by atoms with Gasteiger partial charge < -0.3 is 20.5 Å². The van der Waals surface area contributed by atoms with Gasteiger partial charge in [0.05, 0.1) is 11.9 Å². The maximum Gasteiger partial charge on any atom is 0.246 e. The first kappa shape index (κ1) is 18.0. The number of aryl methyl sites for hydroxylation is 2. The quantitative estimate of drug-likeness (QED) is 0.806. The highest BCUT2D eigenvalue weighted by Gasteiger charge is 2.29. The van der Waals surface area contributed by atoms with Crippen molar-refractivity contribution in [1.82, 2.24) is 9.88 Å². The van der Waals surface area contributed by atoms with E-state index in [1.165, 1.54) is 11.6 Å². The van der Waals surface area contributed by atoms with Crippen molar-refractivity contribution in [2.75, 3.05) is 25.0 Å². The van der Waals surface area contributed by atoms with E-state index in [0.717, 1.165) is 40.8 Å². The van der Waals surface area contributed by atoms with Crippen molar-refractivity contribution in [2.24, 2.45) is 5.73 Å². The van der Waals surface area contributed by atoms with Crippen LogP contribution in [0.5, 0.6) is 0 Å². The molecular weight excluding hydrogens is 328 g/mol. The molecule has 1 atom stereocenters. The monoisotopic (exact) mass is 354 g/mol. The van der Waals surface area contributed by atoms with Gasteiger partial charge in [-0.05, 0) is 43.5 Å². The molecule has 1 saturated heterocycles. The Morgan fingerprint density at radius 1 is 1.42 bits per heavy atom. The Bertz CT molecular complexity index is 884. The molecule has 1 aliphatic rings. The van der Waals surface area contributed by atoms with Crippen LogP contribution in [0.25, 0.3) is 10.9 Å². The lowest BCUT2D eigenvalue weighted by Crippen LogP contribution is -2.36. The van der Waals surface area contributed by atoms with Crippen LogP contribution in [0.1, 0.15) is 23.2 Å². The minimum absolute atomic E-state index is 0.0171. The minimum atomic E-state index is -0.341. The van der Waals surface area contributed by atoms with Crippen LogP contribution in [0.2, 0.25) is 0 Å². The average Bonchev–Trinajstić information content (AvgIpc) is 3.20. The molecular formula is C20H26N4O2. The van der Waals surface area contributed by atoms with Gasteiger partial charge in [-0.15, -0.1) is 0 Å². The van der Waals surface area contributed by atoms with Crippen molar-refractivity contribution < 1.29 is 9.59 Å². The summed E-state index contributed by atoms with van der Waals surface area (Å²) in [6.07, 6.45) is 2.51. The van der Waals surface area contributed by atoms with Crippen LogP contribution in [0, 0.1) is 13.8 Å². The summed E-state index contributed by atoms with van der Waals surface area (Å²) < 4.78 is 0. The number of primary amides is 1. The first-order chi connectivity index (χ1) is 12.3. The molecule has 0 unspecified atom stereocenters. The number of nitrogens with zero attached hydrogens (tertiary/aromatic N) is 2. The molecule has 2 aromatic rings. The fraction of sp³-hybridized carbons (Fsp3) is 0.400. The second-order valence-electron chi connectivity index (χ2n) is 7.05. The van der Waals surface area contributed by atoms with Crippen molar-refractivity contribution in [2.45, 2.75) is 32.7 Å². The van der Waals surface area contributed by atoms with Crippen LogP contribution >= 0.6 is 0 Å². The number of rotatable bonds is 5. The van der Waals surface area contributed by atoms with Gasteiger partial charge in [0.1, 0.15) is 0 Å². The summed E-state index contributed by atoms with van der Waals surface area (Å²) in [5, 5.41) is 1.12. The summed E-state index contributed by atoms with van der Waals surface area (Å²) in [5.41, 5.74) is 10.7. The highest BCUT2D eigenvalue weighted by atomic mass is 16.2. The van der Waals surface area contributed by atoms with E-state index in [1.54, 1.807) is 0 Å². The number of fused-ring (bicyclic) bond motifs is 1. The van der Waals surface area contributed by atoms with E-state index in [0.29, 0.717) is 6.54 Å². The zero-order valence-electron chi connectivity index (χ0n) is 15.6. The Hall–Kier alpha value is -2.76. The molecule has 2 amide bonds. The molecule has 1 aromatic carbocycles. The summed E-state index contributed by atoms with van der Waals surface area (Å²) in [7, 11) is 2.07. The summed E-state index contributed by atoms with van der Waals surface area (Å²) in [5.74, 6) is -0.358. The van der Waals surface area contributed by atoms with Crippen molar-refractivity contribution in [3.8, 4) is 0 Å². The third-order valence-corrected chi connectivity index (χ3v) is 5.46. The Labute approximate surface area is 153 Å². The molecule has 26 heavy (non-hydrogen) atoms. The number of nitrogens with one attached hydrogen (secondary N) is 1. The third kappa shape index (κ3) is 3.07. The summed E-state index contributed by atoms with van der Waals surface area (Å²) in [6, 6.07) is 4.27. The molecule has 1 aromatic heterocycles. The van der Waals surface area contributed by atoms with Crippen LogP contribution < -0.4 is 10.6 Å². The molecule has 3 N–H and O–H groups in total. The lowest BCUT2D eigenvalue weighted by Gasteiger charge is -2.28. The van der Waals surface area contributed by atoms with Gasteiger partial charge in [-0.3, -0.25) is 9.59 Å². The van der Waals surface area contributed by atoms with Crippen LogP contribution in [-0.2, 0) is 16.0 Å². The number of hydrogen-bond donors (Lipinski definition) is 2. The number of aromatic nitrogens is 1. The Kier molecular flexibility index (Phi) is 4.76. The lowest BCUT2D eigenvalue weighted by atomic mass is 10.0. The summed E-state index contributed by atoms with van der Waals surface area (Å²) in [6.45, 7) is 9.13. The highest BCUT2D eigenvalue weighted by molar-refractivity contribution is 5.99. The molecule has 1 aliphatic heterocycles. The molecule has 3 rings (SSSR count). The van der Waals surface area contributed by atoms with E-state index in [1.807, 2.05) is 17.9 Å². The van der Waals surface area contributed by atoms with Gasteiger partial charge in [0.15, 0.2) is 0 Å². The number of nitrogens with two attached hydrogens (primary N) is 1. The number of H-pyrrole nitrogens is 1. The predicted molar refractivity (Wildman–Crippen MR) is 104 cm³/mol. The van der Waals surface area contributed by atoms with Crippen LogP contribution in [0.4, 0.5) is 5.69 Å². The van der Waals surface area contributed by atoms with Crippen molar-refractivity contribution >= 4 is 28.4 Å². The first-order valence-corrected chi connectivity index (χ1v) is 8.86. The van der Waals surface area contributed by atoms with Gasteiger partial charge in [0.25, 0.3) is 0 Å². The largest absolute Gasteiger partial charge is 0.369 e. The molecule has 0 aliphatic carbocycles. The van der Waals surface area contributed by atoms with E-state index in [2.05, 4.69) is 36.5 Å². The van der Waals surface area contributed by atoms with Crippen LogP contribution in [0.3, 0.4) is 0 Å². The van der Waals surface area contributed by atoms with Gasteiger partial charge in [-0.1, -0.05) is 12.6 Å². The molecule has 0 saturated carbocycles. The normalized spacial score (nSPS) is 16.9. The van der Waals surface area contributed by atoms with Crippen LogP contribution in [-0.4, -0.2) is 47.9 Å². The maximum atomic E-state index is 11.9. The molecule has 6 heteroatoms. The van der Waals surface area contributed by atoms with Gasteiger partial charge >= 0.3 is 0 Å². The van der Waals surface area contributed by atoms with Crippen LogP contribution in [0.15, 0.2) is 24.8 Å². The van der Waals surface area contributed by atoms with E-state index >= 15 is 0 Å². The number of carbonyl (C=O) groups excluding carboxylic acids is 2. The van der Waals surface area contributed by atoms with Gasteiger partial charge in [0.2, 0.25) is 11.8 Å². The van der Waals surface area contributed by atoms with Gasteiger partial charge in [-0.2, -0.15) is 0 Å². The molecule has 0 radical (unpaired) electrons. The minimum Gasteiger partial charge on any atom is -0.369 e. The fourth-order valence-corrected chi connectivity index (χ4v) is 3.84. The number of hydrogen-bond acceptors (Lipinski definition) is 3. The lowest BCUT2D eigenvalue weighted by molar-refractivity contribution is -0.125. The second kappa shape index (κ2) is 6.86. The van der Waals surface area contributed by atoms with Crippen molar-refractivity contribution in [1.29, 1.82) is 0 Å². The van der Waals surface area contributed by atoms with Gasteiger partial charge in [-0.25, -0.2) is 0 Å². The Balaban J connectivity index is 1.99. The number of anilines is 1. The summed E-state index contributed by atoms with van der Waals surface area (Å²) >= 11 is 0. The second-order valence-corrected chi connectivity index (χ2v) is 7.05. The molecule has 138 valence electrons. The smallest absolute Gasteiger partial charge is 0.246 e. The predicted octanol–water partition coefficient (Wildman–Crippen LogP) is 2.04. The number of benzene rings is 1. The number of amides is 2. The Morgan fingerprint density at radius 3 is 2.81 bits per heavy atom. The first-order valence-electron chi connectivity index (χ1n) is 8.86. The number of likely N-dealkylation sites (N-methyl/N-ethyl adjacent to an activating group) is 1. The number of likely N-dealkylation sites (tertiary alicyclic amines) is 1. The SMILES string of the molecule is C=CC(=O)N1CC[C@H](N(C)c2ccc(CC(N)=O)c3[nH]c(C)c(C)c23)C1. The fourth-order valence-electron chi connectivity index (χ4n) is 3.84. The average molecular weight is 354 g/mol. The van der Waals surface area contributed by atoms with Gasteiger partial charge in [0, 0.05) is 42.9 Å². The summed E-state index contributed by atoms with van der Waals surface area (Å²) in [4.78, 5) is 30.8. The molecule has 2 heterocycles. The zero-order chi connectivity index (χ0) is 19.0. The molecule has 0 bridgehead atoms. The number of aromatic amines is 1. The van der Waals surface area contributed by atoms with E-state index in [-0.39, 0.29) is 24.3 Å². The molecule has 6 nitrogen and oxygen atoms in total.